The lowest BCUT2D eigenvalue weighted by Gasteiger charge is -2.03. The van der Waals surface area contributed by atoms with Crippen LogP contribution < -0.4 is 14.9 Å². The molecule has 7 heteroatoms. The minimum absolute atomic E-state index is 0.275. The van der Waals surface area contributed by atoms with Crippen molar-refractivity contribution < 1.29 is 29.1 Å². The maximum Gasteiger partial charge on any atom is 0.488 e. The first-order valence-electron chi connectivity index (χ1n) is 7.55. The van der Waals surface area contributed by atoms with Crippen LogP contribution in [0.15, 0.2) is 54.6 Å². The van der Waals surface area contributed by atoms with Crippen molar-refractivity contribution in [3.63, 3.8) is 0 Å². The van der Waals surface area contributed by atoms with Crippen molar-refractivity contribution in [2.24, 2.45) is 0 Å². The Labute approximate surface area is 146 Å². The number of carbonyl (C=O) groups excluding carboxylic acids is 1. The predicted molar refractivity (Wildman–Crippen MR) is 94.7 cm³/mol. The van der Waals surface area contributed by atoms with Crippen LogP contribution in [0.25, 0.3) is 5.57 Å². The van der Waals surface area contributed by atoms with Gasteiger partial charge in [0.25, 0.3) is 0 Å². The molecule has 0 saturated heterocycles. The second-order valence-electron chi connectivity index (χ2n) is 5.16. The fourth-order valence-corrected chi connectivity index (χ4v) is 2.17. The fourth-order valence-electron chi connectivity index (χ4n) is 2.17. The summed E-state index contributed by atoms with van der Waals surface area (Å²) in [5.41, 5.74) is 2.30. The van der Waals surface area contributed by atoms with Crippen LogP contribution in [0, 0.1) is 0 Å². The summed E-state index contributed by atoms with van der Waals surface area (Å²) in [7, 11) is 1.72. The maximum atomic E-state index is 10.9. The van der Waals surface area contributed by atoms with Crippen LogP contribution in [0.2, 0.25) is 0 Å². The van der Waals surface area contributed by atoms with E-state index in [1.165, 1.54) is 13.2 Å². The molecule has 2 aromatic carbocycles. The molecule has 0 spiro atoms. The van der Waals surface area contributed by atoms with E-state index in [1.807, 2.05) is 24.3 Å². The van der Waals surface area contributed by atoms with E-state index in [2.05, 4.69) is 0 Å². The Morgan fingerprint density at radius 3 is 2.20 bits per heavy atom. The number of esters is 1. The predicted octanol–water partition coefficient (Wildman–Crippen LogP) is 1.01. The number of carbonyl (C=O) groups is 1. The van der Waals surface area contributed by atoms with Gasteiger partial charge in [-0.05, 0) is 35.3 Å². The normalized spacial score (nSPS) is 12.5. The molecular formula is C18H19BO6. The third kappa shape index (κ3) is 5.37. The molecule has 3 rings (SSSR count). The van der Waals surface area contributed by atoms with Crippen LogP contribution >= 0.6 is 0 Å². The Hall–Kier alpha value is -2.77. The van der Waals surface area contributed by atoms with Gasteiger partial charge in [0, 0.05) is 11.6 Å². The standard InChI is InChI=1S/C11H10O3.C7H9BO3/c1-13-10-4-2-3-8(5-10)9-6-11(12)14-7-9;1-11-7-4-2-3-6(5-7)8(9)10/h2-6H,7H2,1H3;2-5,9-10H,1H3. The van der Waals surface area contributed by atoms with Gasteiger partial charge in [-0.3, -0.25) is 0 Å². The third-order valence-corrected chi connectivity index (χ3v) is 3.49. The zero-order chi connectivity index (χ0) is 18.2. The van der Waals surface area contributed by atoms with Crippen LogP contribution in [-0.2, 0) is 9.53 Å². The highest BCUT2D eigenvalue weighted by Gasteiger charge is 2.14. The van der Waals surface area contributed by atoms with E-state index in [0.717, 1.165) is 16.9 Å². The average Bonchev–Trinajstić information content (AvgIpc) is 3.09. The minimum Gasteiger partial charge on any atom is -0.497 e. The SMILES string of the molecule is COc1cccc(B(O)O)c1.COc1cccc(C2=CC(=O)OC2)c1. The summed E-state index contributed by atoms with van der Waals surface area (Å²) in [6.07, 6.45) is 1.51. The Morgan fingerprint density at radius 2 is 1.64 bits per heavy atom. The molecule has 1 aliphatic rings. The monoisotopic (exact) mass is 342 g/mol. The Balaban J connectivity index is 0.000000186. The van der Waals surface area contributed by atoms with Crippen molar-refractivity contribution in [2.75, 3.05) is 20.8 Å². The Morgan fingerprint density at radius 1 is 1.00 bits per heavy atom. The molecule has 1 heterocycles. The van der Waals surface area contributed by atoms with Gasteiger partial charge in [0.2, 0.25) is 0 Å². The molecule has 130 valence electrons. The molecule has 6 nitrogen and oxygen atoms in total. The molecule has 0 saturated carbocycles. The summed E-state index contributed by atoms with van der Waals surface area (Å²) in [5.74, 6) is 1.13. The topological polar surface area (TPSA) is 85.2 Å². The molecule has 25 heavy (non-hydrogen) atoms. The highest BCUT2D eigenvalue weighted by Crippen LogP contribution is 2.23. The fraction of sp³-hybridized carbons (Fsp3) is 0.167. The molecule has 0 unspecified atom stereocenters. The van der Waals surface area contributed by atoms with Gasteiger partial charge in [0.15, 0.2) is 0 Å². The van der Waals surface area contributed by atoms with Gasteiger partial charge in [-0.15, -0.1) is 0 Å². The van der Waals surface area contributed by atoms with Gasteiger partial charge in [-0.1, -0.05) is 24.3 Å². The van der Waals surface area contributed by atoms with Gasteiger partial charge in [-0.25, -0.2) is 4.79 Å². The average molecular weight is 342 g/mol. The van der Waals surface area contributed by atoms with E-state index in [-0.39, 0.29) is 5.97 Å². The first-order chi connectivity index (χ1) is 12.0. The van der Waals surface area contributed by atoms with Crippen molar-refractivity contribution in [1.29, 1.82) is 0 Å². The highest BCUT2D eigenvalue weighted by atomic mass is 16.5. The molecular weight excluding hydrogens is 323 g/mol. The van der Waals surface area contributed by atoms with E-state index >= 15 is 0 Å². The van der Waals surface area contributed by atoms with Crippen molar-refractivity contribution in [1.82, 2.24) is 0 Å². The van der Waals surface area contributed by atoms with E-state index < -0.39 is 7.12 Å². The first-order valence-corrected chi connectivity index (χ1v) is 7.55. The molecule has 2 aromatic rings. The lowest BCUT2D eigenvalue weighted by molar-refractivity contribution is -0.134. The van der Waals surface area contributed by atoms with E-state index in [4.69, 9.17) is 24.3 Å². The summed E-state index contributed by atoms with van der Waals surface area (Å²) in [6.45, 7) is 0.353. The summed E-state index contributed by atoms with van der Waals surface area (Å²) < 4.78 is 14.8. The Bertz CT molecular complexity index is 757. The number of rotatable bonds is 4. The molecule has 0 fully saturated rings. The second-order valence-corrected chi connectivity index (χ2v) is 5.16. The van der Waals surface area contributed by atoms with E-state index in [0.29, 0.717) is 17.8 Å². The van der Waals surface area contributed by atoms with Crippen molar-refractivity contribution in [3.8, 4) is 11.5 Å². The van der Waals surface area contributed by atoms with Gasteiger partial charge in [-0.2, -0.15) is 0 Å². The van der Waals surface area contributed by atoms with E-state index in [1.54, 1.807) is 31.4 Å². The van der Waals surface area contributed by atoms with Crippen LogP contribution in [0.3, 0.4) is 0 Å². The molecule has 0 atom stereocenters. The largest absolute Gasteiger partial charge is 0.497 e. The van der Waals surface area contributed by atoms with Gasteiger partial charge >= 0.3 is 13.1 Å². The van der Waals surface area contributed by atoms with Crippen molar-refractivity contribution in [2.45, 2.75) is 0 Å². The van der Waals surface area contributed by atoms with E-state index in [9.17, 15) is 4.79 Å². The third-order valence-electron chi connectivity index (χ3n) is 3.49. The summed E-state index contributed by atoms with van der Waals surface area (Å²) in [4.78, 5) is 10.9. The zero-order valence-electron chi connectivity index (χ0n) is 14.0. The van der Waals surface area contributed by atoms with Crippen LogP contribution in [0.1, 0.15) is 5.56 Å². The molecule has 0 bridgehead atoms. The number of ether oxygens (including phenoxy) is 3. The second kappa shape index (κ2) is 8.91. The summed E-state index contributed by atoms with van der Waals surface area (Å²) in [5, 5.41) is 17.5. The molecule has 2 N–H and O–H groups in total. The quantitative estimate of drug-likeness (QED) is 0.637. The highest BCUT2D eigenvalue weighted by molar-refractivity contribution is 6.58. The van der Waals surface area contributed by atoms with Crippen molar-refractivity contribution in [3.05, 3.63) is 60.2 Å². The Kier molecular flexibility index (Phi) is 6.62. The zero-order valence-corrected chi connectivity index (χ0v) is 14.0. The molecule has 0 radical (unpaired) electrons. The maximum absolute atomic E-state index is 10.9. The number of hydrogen-bond donors (Lipinski definition) is 2. The van der Waals surface area contributed by atoms with Gasteiger partial charge < -0.3 is 24.3 Å². The van der Waals surface area contributed by atoms with Crippen LogP contribution in [0.4, 0.5) is 0 Å². The number of hydrogen-bond acceptors (Lipinski definition) is 6. The summed E-state index contributed by atoms with van der Waals surface area (Å²) in [6, 6.07) is 14.2. The first kappa shape index (κ1) is 18.6. The van der Waals surface area contributed by atoms with Crippen LogP contribution in [0.5, 0.6) is 11.5 Å². The lowest BCUT2D eigenvalue weighted by atomic mass is 9.80. The summed E-state index contributed by atoms with van der Waals surface area (Å²) >= 11 is 0. The van der Waals surface area contributed by atoms with Gasteiger partial charge in [0.1, 0.15) is 18.1 Å². The molecule has 1 aliphatic heterocycles. The molecule has 0 amide bonds. The lowest BCUT2D eigenvalue weighted by Crippen LogP contribution is -2.29. The van der Waals surface area contributed by atoms with Gasteiger partial charge in [0.05, 0.1) is 14.2 Å². The number of methoxy groups -OCH3 is 2. The van der Waals surface area contributed by atoms with Crippen LogP contribution in [-0.4, -0.2) is 44.0 Å². The number of cyclic esters (lactones) is 1. The minimum atomic E-state index is -1.43. The van der Waals surface area contributed by atoms with Crippen molar-refractivity contribution >= 4 is 24.1 Å². The molecule has 0 aromatic heterocycles. The number of benzene rings is 2. The molecule has 0 aliphatic carbocycles. The smallest absolute Gasteiger partial charge is 0.488 e.